The van der Waals surface area contributed by atoms with E-state index in [9.17, 15) is 0 Å². The largest absolute Gasteiger partial charge is 0.305 e. The molecular formula is C23H23N5S. The van der Waals surface area contributed by atoms with E-state index in [0.29, 0.717) is 5.56 Å². The molecule has 0 aliphatic heterocycles. The molecule has 29 heavy (non-hydrogen) atoms. The van der Waals surface area contributed by atoms with Crippen LogP contribution in [0.5, 0.6) is 0 Å². The van der Waals surface area contributed by atoms with E-state index in [4.69, 9.17) is 5.26 Å². The molecule has 0 radical (unpaired) electrons. The van der Waals surface area contributed by atoms with Gasteiger partial charge in [0.05, 0.1) is 11.6 Å². The molecule has 0 atom stereocenters. The first-order valence-electron chi connectivity index (χ1n) is 9.66. The van der Waals surface area contributed by atoms with Gasteiger partial charge in [0, 0.05) is 42.7 Å². The molecule has 0 saturated heterocycles. The third kappa shape index (κ3) is 5.70. The minimum atomic E-state index is 0.667. The minimum Gasteiger partial charge on any atom is -0.305 e. The number of nitriles is 1. The van der Waals surface area contributed by atoms with Gasteiger partial charge in [-0.05, 0) is 30.2 Å². The SMILES string of the molecule is CCCCCC#Cc1cncc(-c2nnc(SCc3ccc(C#N)cc3)n2C)c1. The van der Waals surface area contributed by atoms with E-state index < -0.39 is 0 Å². The first-order valence-corrected chi connectivity index (χ1v) is 10.7. The van der Waals surface area contributed by atoms with Crippen LogP contribution in [0.4, 0.5) is 0 Å². The predicted octanol–water partition coefficient (Wildman–Crippen LogP) is 4.97. The molecule has 0 aliphatic rings. The van der Waals surface area contributed by atoms with E-state index in [-0.39, 0.29) is 0 Å². The van der Waals surface area contributed by atoms with Gasteiger partial charge in [-0.25, -0.2) is 0 Å². The second kappa shape index (κ2) is 10.5. The fourth-order valence-corrected chi connectivity index (χ4v) is 3.64. The molecule has 0 unspecified atom stereocenters. The number of aromatic nitrogens is 4. The second-order valence-corrected chi connectivity index (χ2v) is 7.63. The lowest BCUT2D eigenvalue weighted by molar-refractivity contribution is 0.737. The van der Waals surface area contributed by atoms with E-state index in [0.717, 1.165) is 46.3 Å². The van der Waals surface area contributed by atoms with E-state index in [1.54, 1.807) is 24.2 Å². The van der Waals surface area contributed by atoms with Gasteiger partial charge in [0.1, 0.15) is 0 Å². The normalized spacial score (nSPS) is 10.2. The Labute approximate surface area is 176 Å². The predicted molar refractivity (Wildman–Crippen MR) is 116 cm³/mol. The zero-order chi connectivity index (χ0) is 20.5. The van der Waals surface area contributed by atoms with Gasteiger partial charge in [0.2, 0.25) is 0 Å². The highest BCUT2D eigenvalue weighted by Crippen LogP contribution is 2.25. The van der Waals surface area contributed by atoms with Crippen LogP contribution in [0.2, 0.25) is 0 Å². The summed E-state index contributed by atoms with van der Waals surface area (Å²) in [7, 11) is 1.96. The Morgan fingerprint density at radius 3 is 2.66 bits per heavy atom. The molecule has 0 N–H and O–H groups in total. The van der Waals surface area contributed by atoms with Gasteiger partial charge >= 0.3 is 0 Å². The molecule has 0 aliphatic carbocycles. The fourth-order valence-electron chi connectivity index (χ4n) is 2.77. The van der Waals surface area contributed by atoms with Crippen molar-refractivity contribution < 1.29 is 0 Å². The van der Waals surface area contributed by atoms with Gasteiger partial charge in [0.25, 0.3) is 0 Å². The molecule has 2 aromatic heterocycles. The minimum absolute atomic E-state index is 0.667. The van der Waals surface area contributed by atoms with E-state index in [1.165, 1.54) is 12.8 Å². The summed E-state index contributed by atoms with van der Waals surface area (Å²) in [4.78, 5) is 4.32. The summed E-state index contributed by atoms with van der Waals surface area (Å²) in [5, 5.41) is 18.4. The summed E-state index contributed by atoms with van der Waals surface area (Å²) < 4.78 is 1.98. The Morgan fingerprint density at radius 2 is 1.90 bits per heavy atom. The molecule has 146 valence electrons. The van der Waals surface area contributed by atoms with Crippen molar-refractivity contribution >= 4 is 11.8 Å². The van der Waals surface area contributed by atoms with Crippen LogP contribution in [0.15, 0.2) is 47.9 Å². The second-order valence-electron chi connectivity index (χ2n) is 6.68. The smallest absolute Gasteiger partial charge is 0.191 e. The number of nitrogens with zero attached hydrogens (tertiary/aromatic N) is 5. The number of hydrogen-bond donors (Lipinski definition) is 0. The molecule has 0 amide bonds. The lowest BCUT2D eigenvalue weighted by Gasteiger charge is -2.04. The van der Waals surface area contributed by atoms with E-state index in [1.807, 2.05) is 41.9 Å². The number of thioether (sulfide) groups is 1. The lowest BCUT2D eigenvalue weighted by atomic mass is 10.1. The monoisotopic (exact) mass is 401 g/mol. The van der Waals surface area contributed by atoms with Gasteiger partial charge < -0.3 is 4.57 Å². The average molecular weight is 402 g/mol. The van der Waals surface area contributed by atoms with Gasteiger partial charge in [-0.1, -0.05) is 55.5 Å². The Hall–Kier alpha value is -3.09. The van der Waals surface area contributed by atoms with Crippen molar-refractivity contribution in [2.45, 2.75) is 43.5 Å². The standard InChI is InChI=1S/C23H23N5S/c1-3-4-5-6-7-8-20-13-21(16-25-15-20)22-26-27-23(28(22)2)29-17-19-11-9-18(14-24)10-12-19/h9-13,15-16H,3-6,17H2,1-2H3. The number of hydrogen-bond acceptors (Lipinski definition) is 5. The summed E-state index contributed by atoms with van der Waals surface area (Å²) in [6.07, 6.45) is 8.05. The maximum atomic E-state index is 8.90. The number of unbranched alkanes of at least 4 members (excludes halogenated alkanes) is 3. The first-order chi connectivity index (χ1) is 14.2. The molecule has 0 fully saturated rings. The average Bonchev–Trinajstić information content (AvgIpc) is 3.13. The van der Waals surface area contributed by atoms with Crippen molar-refractivity contribution in [3.05, 3.63) is 59.4 Å². The third-order valence-corrected chi connectivity index (χ3v) is 5.51. The van der Waals surface area contributed by atoms with E-state index in [2.05, 4.69) is 40.0 Å². The van der Waals surface area contributed by atoms with Crippen molar-refractivity contribution in [1.82, 2.24) is 19.7 Å². The lowest BCUT2D eigenvalue weighted by Crippen LogP contribution is -1.96. The Kier molecular flexibility index (Phi) is 7.44. The van der Waals surface area contributed by atoms with Crippen LogP contribution in [0.3, 0.4) is 0 Å². The molecule has 6 heteroatoms. The summed E-state index contributed by atoms with van der Waals surface area (Å²) in [5.74, 6) is 7.96. The highest BCUT2D eigenvalue weighted by Gasteiger charge is 2.12. The number of benzene rings is 1. The number of rotatable bonds is 7. The van der Waals surface area contributed by atoms with E-state index >= 15 is 0 Å². The van der Waals surface area contributed by atoms with Crippen molar-refractivity contribution in [3.8, 4) is 29.3 Å². The van der Waals surface area contributed by atoms with Gasteiger partial charge in [0.15, 0.2) is 11.0 Å². The van der Waals surface area contributed by atoms with Crippen LogP contribution in [-0.4, -0.2) is 19.7 Å². The Bertz CT molecular complexity index is 1050. The van der Waals surface area contributed by atoms with Crippen LogP contribution >= 0.6 is 11.8 Å². The zero-order valence-electron chi connectivity index (χ0n) is 16.7. The molecular weight excluding hydrogens is 378 g/mol. The van der Waals surface area contributed by atoms with Crippen LogP contribution in [0, 0.1) is 23.2 Å². The van der Waals surface area contributed by atoms with Crippen molar-refractivity contribution in [3.63, 3.8) is 0 Å². The van der Waals surface area contributed by atoms with Gasteiger partial charge in [-0.3, -0.25) is 4.98 Å². The van der Waals surface area contributed by atoms with Crippen LogP contribution in [0.1, 0.15) is 49.3 Å². The molecule has 3 rings (SSSR count). The van der Waals surface area contributed by atoms with Crippen molar-refractivity contribution in [2.75, 3.05) is 0 Å². The maximum absolute atomic E-state index is 8.90. The molecule has 1 aromatic carbocycles. The summed E-state index contributed by atoms with van der Waals surface area (Å²) >= 11 is 1.61. The quantitative estimate of drug-likeness (QED) is 0.317. The van der Waals surface area contributed by atoms with Crippen molar-refractivity contribution in [2.24, 2.45) is 7.05 Å². The highest BCUT2D eigenvalue weighted by molar-refractivity contribution is 7.98. The molecule has 3 aromatic rings. The van der Waals surface area contributed by atoms with Crippen LogP contribution < -0.4 is 0 Å². The highest BCUT2D eigenvalue weighted by atomic mass is 32.2. The molecule has 0 bridgehead atoms. The molecule has 2 heterocycles. The molecule has 0 saturated carbocycles. The van der Waals surface area contributed by atoms with Gasteiger partial charge in [-0.2, -0.15) is 5.26 Å². The third-order valence-electron chi connectivity index (χ3n) is 4.42. The first kappa shape index (κ1) is 20.6. The Morgan fingerprint density at radius 1 is 1.07 bits per heavy atom. The topological polar surface area (TPSA) is 67.4 Å². The number of pyridine rings is 1. The summed E-state index contributed by atoms with van der Waals surface area (Å²) in [5.41, 5.74) is 3.61. The zero-order valence-corrected chi connectivity index (χ0v) is 17.5. The summed E-state index contributed by atoms with van der Waals surface area (Å²) in [6, 6.07) is 11.7. The Balaban J connectivity index is 1.68. The molecule has 0 spiro atoms. The van der Waals surface area contributed by atoms with Crippen molar-refractivity contribution in [1.29, 1.82) is 5.26 Å². The fraction of sp³-hybridized carbons (Fsp3) is 0.304. The van der Waals surface area contributed by atoms with Gasteiger partial charge in [-0.15, -0.1) is 10.2 Å². The molecule has 5 nitrogen and oxygen atoms in total. The van der Waals surface area contributed by atoms with Crippen LogP contribution in [-0.2, 0) is 12.8 Å². The van der Waals surface area contributed by atoms with Crippen LogP contribution in [0.25, 0.3) is 11.4 Å². The summed E-state index contributed by atoms with van der Waals surface area (Å²) in [6.45, 7) is 2.19. The maximum Gasteiger partial charge on any atom is 0.191 e.